The Balaban J connectivity index is 2.03. The lowest BCUT2D eigenvalue weighted by Crippen LogP contribution is -2.51. The molecule has 0 spiro atoms. The molecular weight excluding hydrogens is 530 g/mol. The summed E-state index contributed by atoms with van der Waals surface area (Å²) in [4.78, 5) is 28.2. The summed E-state index contributed by atoms with van der Waals surface area (Å²) in [7, 11) is -1.08. The summed E-state index contributed by atoms with van der Waals surface area (Å²) in [6.07, 6.45) is 0.345. The number of aryl methyl sites for hydroxylation is 1. The Hall–Kier alpha value is -4.05. The topological polar surface area (TPSA) is 105 Å². The highest BCUT2D eigenvalue weighted by molar-refractivity contribution is 7.92. The van der Waals surface area contributed by atoms with Gasteiger partial charge in [-0.1, -0.05) is 36.8 Å². The number of anilines is 1. The second-order valence-corrected chi connectivity index (χ2v) is 11.0. The zero-order valence-corrected chi connectivity index (χ0v) is 24.4. The van der Waals surface area contributed by atoms with Crippen LogP contribution < -0.4 is 19.1 Å². The number of hydrogen-bond donors (Lipinski definition) is 1. The summed E-state index contributed by atoms with van der Waals surface area (Å²) in [5, 5.41) is 2.62. The summed E-state index contributed by atoms with van der Waals surface area (Å²) < 4.78 is 39.6. The van der Waals surface area contributed by atoms with E-state index in [-0.39, 0.29) is 17.3 Å². The van der Waals surface area contributed by atoms with Crippen LogP contribution in [0.3, 0.4) is 0 Å². The fourth-order valence-corrected chi connectivity index (χ4v) is 5.67. The lowest BCUT2D eigenvalue weighted by molar-refractivity contribution is -0.140. The fourth-order valence-electron chi connectivity index (χ4n) is 4.26. The van der Waals surface area contributed by atoms with Gasteiger partial charge in [0.15, 0.2) is 0 Å². The number of methoxy groups -OCH3 is 1. The molecule has 0 aliphatic rings. The Kier molecular flexibility index (Phi) is 10.6. The number of nitrogens with one attached hydrogen (secondary N) is 1. The highest BCUT2D eigenvalue weighted by Gasteiger charge is 2.33. The molecule has 0 fully saturated rings. The van der Waals surface area contributed by atoms with Crippen molar-refractivity contribution in [2.75, 3.05) is 31.6 Å². The largest absolute Gasteiger partial charge is 0.497 e. The van der Waals surface area contributed by atoms with E-state index in [0.29, 0.717) is 30.2 Å². The molecule has 2 amide bonds. The molecule has 9 nitrogen and oxygen atoms in total. The first-order chi connectivity index (χ1) is 19.1. The first-order valence-corrected chi connectivity index (χ1v) is 14.5. The summed E-state index contributed by atoms with van der Waals surface area (Å²) in [5.74, 6) is 0.357. The molecule has 0 aliphatic heterocycles. The zero-order chi connectivity index (χ0) is 29.3. The molecule has 1 N–H and O–H groups in total. The van der Waals surface area contributed by atoms with Gasteiger partial charge >= 0.3 is 0 Å². The standard InChI is InChI=1S/C30H37N3O6S/c1-6-28(30(35)31-4)32(20-23-10-14-25(38-5)15-11-23)29(34)21-33(24-12-8-22(3)9-13-24)40(36,37)27-18-16-26(17-19-27)39-7-2/h8-19,28H,6-7,20-21H2,1-5H3,(H,31,35). The second kappa shape index (κ2) is 13.8. The smallest absolute Gasteiger partial charge is 0.264 e. The van der Waals surface area contributed by atoms with Gasteiger partial charge in [0.2, 0.25) is 11.8 Å². The molecule has 1 atom stereocenters. The lowest BCUT2D eigenvalue weighted by Gasteiger charge is -2.33. The Morgan fingerprint density at radius 1 is 0.900 bits per heavy atom. The highest BCUT2D eigenvalue weighted by Crippen LogP contribution is 2.27. The van der Waals surface area contributed by atoms with Crippen LogP contribution in [-0.2, 0) is 26.2 Å². The molecule has 0 bridgehead atoms. The van der Waals surface area contributed by atoms with Gasteiger partial charge in [-0.15, -0.1) is 0 Å². The van der Waals surface area contributed by atoms with Crippen LogP contribution in [-0.4, -0.2) is 58.5 Å². The van der Waals surface area contributed by atoms with Gasteiger partial charge in [0, 0.05) is 13.6 Å². The number of benzene rings is 3. The maximum absolute atomic E-state index is 14.0. The van der Waals surface area contributed by atoms with Crippen LogP contribution in [0.25, 0.3) is 0 Å². The Morgan fingerprint density at radius 3 is 2.02 bits per heavy atom. The first kappa shape index (κ1) is 30.5. The van der Waals surface area contributed by atoms with Crippen molar-refractivity contribution in [1.29, 1.82) is 0 Å². The van der Waals surface area contributed by atoms with Gasteiger partial charge in [0.1, 0.15) is 24.1 Å². The van der Waals surface area contributed by atoms with Crippen molar-refractivity contribution in [2.45, 2.75) is 44.7 Å². The summed E-state index contributed by atoms with van der Waals surface area (Å²) >= 11 is 0. The molecule has 214 valence electrons. The van der Waals surface area contributed by atoms with Gasteiger partial charge in [-0.05, 0) is 74.4 Å². The monoisotopic (exact) mass is 567 g/mol. The molecule has 0 saturated heterocycles. The van der Waals surface area contributed by atoms with E-state index in [4.69, 9.17) is 9.47 Å². The van der Waals surface area contributed by atoms with Crippen molar-refractivity contribution < 1.29 is 27.5 Å². The summed E-state index contributed by atoms with van der Waals surface area (Å²) in [6.45, 7) is 5.61. The van der Waals surface area contributed by atoms with Crippen LogP contribution in [0.15, 0.2) is 77.7 Å². The maximum Gasteiger partial charge on any atom is 0.264 e. The van der Waals surface area contributed by atoms with E-state index in [2.05, 4.69) is 5.32 Å². The molecule has 0 aliphatic carbocycles. The van der Waals surface area contributed by atoms with Gasteiger partial charge in [0.05, 0.1) is 24.3 Å². The van der Waals surface area contributed by atoms with Crippen molar-refractivity contribution in [2.24, 2.45) is 0 Å². The van der Waals surface area contributed by atoms with E-state index in [0.717, 1.165) is 15.4 Å². The Labute approximate surface area is 236 Å². The molecular formula is C30H37N3O6S. The molecule has 0 radical (unpaired) electrons. The molecule has 0 heterocycles. The third kappa shape index (κ3) is 7.32. The van der Waals surface area contributed by atoms with E-state index in [1.807, 2.05) is 32.9 Å². The number of rotatable bonds is 13. The number of amides is 2. The molecule has 0 saturated carbocycles. The van der Waals surface area contributed by atoms with Crippen LogP contribution in [0.2, 0.25) is 0 Å². The van der Waals surface area contributed by atoms with E-state index >= 15 is 0 Å². The van der Waals surface area contributed by atoms with Crippen LogP contribution in [0.1, 0.15) is 31.4 Å². The summed E-state index contributed by atoms with van der Waals surface area (Å²) in [6, 6.07) is 19.4. The summed E-state index contributed by atoms with van der Waals surface area (Å²) in [5.41, 5.74) is 2.05. The number of carbonyl (C=O) groups is 2. The third-order valence-corrected chi connectivity index (χ3v) is 8.26. The van der Waals surface area contributed by atoms with Crippen molar-refractivity contribution >= 4 is 27.5 Å². The number of likely N-dealkylation sites (N-methyl/N-ethyl adjacent to an activating group) is 1. The van der Waals surface area contributed by atoms with Crippen molar-refractivity contribution in [3.8, 4) is 11.5 Å². The van der Waals surface area contributed by atoms with Gasteiger partial charge in [-0.25, -0.2) is 8.42 Å². The third-order valence-electron chi connectivity index (χ3n) is 6.47. The Bertz CT molecular complexity index is 1370. The number of carbonyl (C=O) groups excluding carboxylic acids is 2. The van der Waals surface area contributed by atoms with E-state index < -0.39 is 28.5 Å². The lowest BCUT2D eigenvalue weighted by atomic mass is 10.1. The molecule has 10 heteroatoms. The van der Waals surface area contributed by atoms with Crippen molar-refractivity contribution in [1.82, 2.24) is 10.2 Å². The SMILES string of the molecule is CCOc1ccc(S(=O)(=O)N(CC(=O)N(Cc2ccc(OC)cc2)C(CC)C(=O)NC)c2ccc(C)cc2)cc1. The molecule has 3 aromatic carbocycles. The number of ether oxygens (including phenoxy) is 2. The number of nitrogens with zero attached hydrogens (tertiary/aromatic N) is 2. The molecule has 40 heavy (non-hydrogen) atoms. The number of sulfonamides is 1. The second-order valence-electron chi connectivity index (χ2n) is 9.16. The average molecular weight is 568 g/mol. The van der Waals surface area contributed by atoms with Gasteiger partial charge < -0.3 is 19.7 Å². The van der Waals surface area contributed by atoms with Gasteiger partial charge in [0.25, 0.3) is 10.0 Å². The minimum Gasteiger partial charge on any atom is -0.497 e. The Morgan fingerprint density at radius 2 is 1.50 bits per heavy atom. The maximum atomic E-state index is 14.0. The molecule has 3 aromatic rings. The molecule has 0 aromatic heterocycles. The van der Waals surface area contributed by atoms with Crippen LogP contribution in [0, 0.1) is 6.92 Å². The minimum atomic E-state index is -4.15. The van der Waals surface area contributed by atoms with Crippen molar-refractivity contribution in [3.05, 3.63) is 83.9 Å². The fraction of sp³-hybridized carbons (Fsp3) is 0.333. The highest BCUT2D eigenvalue weighted by atomic mass is 32.2. The van der Waals surface area contributed by atoms with Crippen molar-refractivity contribution in [3.63, 3.8) is 0 Å². The van der Waals surface area contributed by atoms with E-state index in [1.165, 1.54) is 24.1 Å². The quantitative estimate of drug-likeness (QED) is 0.333. The van der Waals surface area contributed by atoms with Crippen LogP contribution in [0.4, 0.5) is 5.69 Å². The molecule has 1 unspecified atom stereocenters. The first-order valence-electron chi connectivity index (χ1n) is 13.1. The van der Waals surface area contributed by atoms with Crippen LogP contribution >= 0.6 is 0 Å². The zero-order valence-electron chi connectivity index (χ0n) is 23.6. The predicted octanol–water partition coefficient (Wildman–Crippen LogP) is 4.15. The minimum absolute atomic E-state index is 0.0179. The normalized spacial score (nSPS) is 11.8. The van der Waals surface area contributed by atoms with Crippen LogP contribution in [0.5, 0.6) is 11.5 Å². The van der Waals surface area contributed by atoms with E-state index in [9.17, 15) is 18.0 Å². The predicted molar refractivity (Wildman–Crippen MR) is 155 cm³/mol. The average Bonchev–Trinajstić information content (AvgIpc) is 2.96. The number of hydrogen-bond acceptors (Lipinski definition) is 6. The van der Waals surface area contributed by atoms with Gasteiger partial charge in [-0.2, -0.15) is 0 Å². The molecule has 3 rings (SSSR count). The van der Waals surface area contributed by atoms with E-state index in [1.54, 1.807) is 55.6 Å². The van der Waals surface area contributed by atoms with Gasteiger partial charge in [-0.3, -0.25) is 13.9 Å².